The van der Waals surface area contributed by atoms with Gasteiger partial charge in [0.1, 0.15) is 5.75 Å². The molecule has 1 aliphatic heterocycles. The highest BCUT2D eigenvalue weighted by molar-refractivity contribution is 5.81. The van der Waals surface area contributed by atoms with Crippen molar-refractivity contribution in [3.05, 3.63) is 47.8 Å². The second-order valence-corrected chi connectivity index (χ2v) is 9.57. The van der Waals surface area contributed by atoms with Crippen LogP contribution < -0.4 is 15.4 Å². The molecule has 0 radical (unpaired) electrons. The number of hydrogen-bond acceptors (Lipinski definition) is 8. The molecule has 2 aromatic rings. The average Bonchev–Trinajstić information content (AvgIpc) is 3.30. The number of fused-ring (bicyclic) bond motifs is 2. The Labute approximate surface area is 223 Å². The smallest absolute Gasteiger partial charge is 0.314 e. The predicted octanol–water partition coefficient (Wildman–Crippen LogP) is 1.07. The van der Waals surface area contributed by atoms with Gasteiger partial charge in [0, 0.05) is 58.7 Å². The summed E-state index contributed by atoms with van der Waals surface area (Å²) in [7, 11) is 3.45. The number of aromatic nitrogens is 2. The van der Waals surface area contributed by atoms with Crippen LogP contribution >= 0.6 is 0 Å². The molecule has 2 amide bonds. The molecule has 208 valence electrons. The van der Waals surface area contributed by atoms with Crippen LogP contribution in [0.15, 0.2) is 36.7 Å². The molecule has 0 fully saturated rings. The average molecular weight is 530 g/mol. The molecule has 11 nitrogen and oxygen atoms in total. The summed E-state index contributed by atoms with van der Waals surface area (Å²) in [6.45, 7) is 3.83. The number of nitrogens with one attached hydrogen (secondary N) is 2. The molecule has 1 unspecified atom stereocenters. The van der Waals surface area contributed by atoms with Gasteiger partial charge in [0.25, 0.3) is 5.91 Å². The number of aryl methyl sites for hydroxylation is 1. The number of methoxy groups -OCH3 is 1. The number of ether oxygens (including phenoxy) is 3. The molecule has 38 heavy (non-hydrogen) atoms. The lowest BCUT2D eigenvalue weighted by Gasteiger charge is -2.32. The summed E-state index contributed by atoms with van der Waals surface area (Å²) >= 11 is 0. The molecule has 11 heteroatoms. The molecule has 1 aromatic carbocycles. The van der Waals surface area contributed by atoms with E-state index in [2.05, 4.69) is 15.7 Å². The van der Waals surface area contributed by atoms with Crippen molar-refractivity contribution in [2.24, 2.45) is 12.5 Å². The zero-order chi connectivity index (χ0) is 27.4. The fourth-order valence-corrected chi connectivity index (χ4v) is 4.57. The van der Waals surface area contributed by atoms with Crippen LogP contribution in [-0.4, -0.2) is 85.6 Å². The monoisotopic (exact) mass is 529 g/mol. The van der Waals surface area contributed by atoms with E-state index >= 15 is 0 Å². The predicted molar refractivity (Wildman–Crippen MR) is 140 cm³/mol. The third-order valence-corrected chi connectivity index (χ3v) is 6.43. The van der Waals surface area contributed by atoms with E-state index in [1.807, 2.05) is 36.3 Å². The third kappa shape index (κ3) is 8.84. The quantitative estimate of drug-likeness (QED) is 0.385. The van der Waals surface area contributed by atoms with Crippen molar-refractivity contribution in [1.29, 1.82) is 0 Å². The van der Waals surface area contributed by atoms with Crippen molar-refractivity contribution < 1.29 is 28.6 Å². The summed E-state index contributed by atoms with van der Waals surface area (Å²) in [6.07, 6.45) is 5.05. The molecule has 1 atom stereocenters. The Bertz CT molecular complexity index is 1070. The summed E-state index contributed by atoms with van der Waals surface area (Å²) in [5.74, 6) is -0.310. The van der Waals surface area contributed by atoms with Crippen molar-refractivity contribution in [3.63, 3.8) is 0 Å². The summed E-state index contributed by atoms with van der Waals surface area (Å²) in [6, 6.07) is 7.32. The first-order valence-electron chi connectivity index (χ1n) is 12.9. The third-order valence-electron chi connectivity index (χ3n) is 6.43. The van der Waals surface area contributed by atoms with Crippen LogP contribution in [0.2, 0.25) is 0 Å². The van der Waals surface area contributed by atoms with Gasteiger partial charge >= 0.3 is 5.97 Å². The number of esters is 1. The number of rotatable bonds is 8. The fraction of sp³-hybridized carbons (Fsp3) is 0.556. The highest BCUT2D eigenvalue weighted by Crippen LogP contribution is 2.32. The van der Waals surface area contributed by atoms with Gasteiger partial charge in [-0.1, -0.05) is 12.1 Å². The zero-order valence-corrected chi connectivity index (χ0v) is 22.5. The van der Waals surface area contributed by atoms with E-state index in [-0.39, 0.29) is 44.1 Å². The molecular weight excluding hydrogens is 490 g/mol. The van der Waals surface area contributed by atoms with Crippen LogP contribution in [0.4, 0.5) is 0 Å². The van der Waals surface area contributed by atoms with Crippen molar-refractivity contribution >= 4 is 17.8 Å². The number of amides is 2. The number of hydrogen-bond donors (Lipinski definition) is 2. The molecule has 0 saturated carbocycles. The highest BCUT2D eigenvalue weighted by Gasteiger charge is 2.40. The standard InChI is InChI=1S/C27H39N5O6/c1-4-37-26(35)27(9-6-12-36-3)14-21-7-5-8-23(13-21)38-19-25(34)28-10-11-32(18-24(33)29-20-27)17-22-15-30-31(2)16-22/h5,7-8,13,15-16H,4,6,9-12,14,17-20H2,1-3H3,(H,28,34)(H,29,33). The Morgan fingerprint density at radius 2 is 2.08 bits per heavy atom. The molecule has 0 aliphatic carbocycles. The maximum atomic E-state index is 13.4. The number of nitrogens with zero attached hydrogens (tertiary/aromatic N) is 3. The largest absolute Gasteiger partial charge is 0.484 e. The molecule has 2 N–H and O–H groups in total. The van der Waals surface area contributed by atoms with Gasteiger partial charge in [-0.05, 0) is 43.9 Å². The van der Waals surface area contributed by atoms with Crippen LogP contribution in [0, 0.1) is 5.41 Å². The van der Waals surface area contributed by atoms with E-state index in [4.69, 9.17) is 14.2 Å². The number of carbonyl (C=O) groups is 3. The molecule has 0 saturated heterocycles. The number of carbonyl (C=O) groups excluding carboxylic acids is 3. The van der Waals surface area contributed by atoms with Crippen LogP contribution in [0.1, 0.15) is 30.9 Å². The maximum Gasteiger partial charge on any atom is 0.314 e. The normalized spacial score (nSPS) is 19.8. The highest BCUT2D eigenvalue weighted by atomic mass is 16.5. The first-order valence-corrected chi connectivity index (χ1v) is 12.9. The Balaban J connectivity index is 1.89. The lowest BCUT2D eigenvalue weighted by Crippen LogP contribution is -2.48. The van der Waals surface area contributed by atoms with E-state index in [0.717, 1.165) is 11.1 Å². The number of benzene rings is 1. The van der Waals surface area contributed by atoms with Crippen LogP contribution in [0.25, 0.3) is 0 Å². The van der Waals surface area contributed by atoms with Crippen LogP contribution in [0.3, 0.4) is 0 Å². The van der Waals surface area contributed by atoms with Crippen molar-refractivity contribution in [2.45, 2.75) is 32.7 Å². The van der Waals surface area contributed by atoms with Gasteiger partial charge in [0.15, 0.2) is 6.61 Å². The van der Waals surface area contributed by atoms with E-state index < -0.39 is 5.41 Å². The summed E-state index contributed by atoms with van der Waals surface area (Å²) in [5.41, 5.74) is 0.794. The summed E-state index contributed by atoms with van der Waals surface area (Å²) < 4.78 is 18.2. The van der Waals surface area contributed by atoms with E-state index in [1.54, 1.807) is 31.0 Å². The van der Waals surface area contributed by atoms with Gasteiger partial charge in [-0.2, -0.15) is 5.10 Å². The minimum absolute atomic E-state index is 0.0910. The van der Waals surface area contributed by atoms with Crippen molar-refractivity contribution in [1.82, 2.24) is 25.3 Å². The topological polar surface area (TPSA) is 124 Å². The Hall–Kier alpha value is -3.44. The fourth-order valence-electron chi connectivity index (χ4n) is 4.57. The van der Waals surface area contributed by atoms with Gasteiger partial charge in [-0.3, -0.25) is 24.0 Å². The Kier molecular flexibility index (Phi) is 11.1. The molecule has 1 aromatic heterocycles. The SMILES string of the molecule is CCOC(=O)C1(CCCOC)CNC(=O)CN(Cc2cnn(C)c2)CCNC(=O)COc2cccc(c2)C1. The van der Waals surface area contributed by atoms with Gasteiger partial charge in [0.2, 0.25) is 5.91 Å². The zero-order valence-electron chi connectivity index (χ0n) is 22.5. The van der Waals surface area contributed by atoms with E-state index in [1.165, 1.54) is 0 Å². The Morgan fingerprint density at radius 3 is 2.82 bits per heavy atom. The lowest BCUT2D eigenvalue weighted by atomic mass is 9.77. The molecule has 2 bridgehead atoms. The molecule has 2 heterocycles. The second-order valence-electron chi connectivity index (χ2n) is 9.57. The summed E-state index contributed by atoms with van der Waals surface area (Å²) in [5, 5.41) is 10.0. The first-order chi connectivity index (χ1) is 18.3. The van der Waals surface area contributed by atoms with E-state index in [9.17, 15) is 14.4 Å². The minimum atomic E-state index is -0.995. The van der Waals surface area contributed by atoms with Crippen LogP contribution in [-0.2, 0) is 43.9 Å². The van der Waals surface area contributed by atoms with Gasteiger partial charge < -0.3 is 24.8 Å². The van der Waals surface area contributed by atoms with E-state index in [0.29, 0.717) is 51.3 Å². The molecule has 3 rings (SSSR count). The lowest BCUT2D eigenvalue weighted by molar-refractivity contribution is -0.156. The Morgan fingerprint density at radius 1 is 1.24 bits per heavy atom. The molecule has 0 spiro atoms. The van der Waals surface area contributed by atoms with Crippen LogP contribution in [0.5, 0.6) is 5.75 Å². The van der Waals surface area contributed by atoms with Crippen molar-refractivity contribution in [3.8, 4) is 5.75 Å². The van der Waals surface area contributed by atoms with Gasteiger partial charge in [-0.25, -0.2) is 0 Å². The molecule has 1 aliphatic rings. The van der Waals surface area contributed by atoms with Crippen molar-refractivity contribution in [2.75, 3.05) is 53.1 Å². The minimum Gasteiger partial charge on any atom is -0.484 e. The summed E-state index contributed by atoms with van der Waals surface area (Å²) in [4.78, 5) is 40.9. The van der Waals surface area contributed by atoms with Gasteiger partial charge in [-0.15, -0.1) is 0 Å². The molecular formula is C27H39N5O6. The second kappa shape index (κ2) is 14.5. The van der Waals surface area contributed by atoms with Gasteiger partial charge in [0.05, 0.1) is 24.8 Å². The first kappa shape index (κ1) is 29.1. The maximum absolute atomic E-state index is 13.4.